The lowest BCUT2D eigenvalue weighted by molar-refractivity contribution is 0.0755. The van der Waals surface area contributed by atoms with Crippen molar-refractivity contribution < 1.29 is 4.79 Å². The summed E-state index contributed by atoms with van der Waals surface area (Å²) in [5.74, 6) is -0.0857. The summed E-state index contributed by atoms with van der Waals surface area (Å²) in [5, 5.41) is 0. The number of carbonyl (C=O) groups excluding carboxylic acids is 1. The highest BCUT2D eigenvalue weighted by Crippen LogP contribution is 2.28. The van der Waals surface area contributed by atoms with Gasteiger partial charge in [0.25, 0.3) is 5.91 Å². The van der Waals surface area contributed by atoms with Gasteiger partial charge in [-0.2, -0.15) is 0 Å². The summed E-state index contributed by atoms with van der Waals surface area (Å²) in [6, 6.07) is 26.9. The fourth-order valence-corrected chi connectivity index (χ4v) is 3.76. The topological polar surface area (TPSA) is 58.1 Å². The number of aromatic nitrogens is 2. The van der Waals surface area contributed by atoms with Crippen LogP contribution in [0.25, 0.3) is 5.69 Å². The molecule has 0 radical (unpaired) electrons. The summed E-state index contributed by atoms with van der Waals surface area (Å²) in [6.07, 6.45) is 1.67. The van der Waals surface area contributed by atoms with Crippen LogP contribution >= 0.6 is 0 Å². The standard InChI is InChI=1S/C25H23N3O2/c1-18-17-26-25(30)28(18)22-15-13-21(14-16-22)24(29)27(2)23(19-9-5-3-6-10-19)20-11-7-4-8-12-20/h3-17,23H,1-2H3,(H,26,30). The van der Waals surface area contributed by atoms with Gasteiger partial charge in [0.05, 0.1) is 11.7 Å². The van der Waals surface area contributed by atoms with E-state index in [1.165, 1.54) is 0 Å². The van der Waals surface area contributed by atoms with Crippen molar-refractivity contribution in [1.29, 1.82) is 0 Å². The zero-order valence-electron chi connectivity index (χ0n) is 16.9. The van der Waals surface area contributed by atoms with Crippen molar-refractivity contribution in [2.45, 2.75) is 13.0 Å². The van der Waals surface area contributed by atoms with Crippen molar-refractivity contribution in [2.75, 3.05) is 7.05 Å². The smallest absolute Gasteiger partial charge is 0.330 e. The molecule has 1 N–H and O–H groups in total. The lowest BCUT2D eigenvalue weighted by Gasteiger charge is -2.29. The Morgan fingerprint density at radius 3 is 1.87 bits per heavy atom. The SMILES string of the molecule is Cc1c[nH]c(=O)n1-c1ccc(C(=O)N(C)C(c2ccccc2)c2ccccc2)cc1. The van der Waals surface area contributed by atoms with Gasteiger partial charge >= 0.3 is 5.69 Å². The molecule has 0 atom stereocenters. The van der Waals surface area contributed by atoms with Crippen LogP contribution in [0.4, 0.5) is 0 Å². The first-order chi connectivity index (χ1) is 14.6. The Hall–Kier alpha value is -3.86. The van der Waals surface area contributed by atoms with Crippen LogP contribution in [0.1, 0.15) is 33.2 Å². The second-order valence-electron chi connectivity index (χ2n) is 7.26. The summed E-state index contributed by atoms with van der Waals surface area (Å²) < 4.78 is 1.58. The lowest BCUT2D eigenvalue weighted by Crippen LogP contribution is -2.32. The van der Waals surface area contributed by atoms with E-state index in [1.807, 2.05) is 74.6 Å². The molecule has 0 saturated heterocycles. The number of carbonyl (C=O) groups is 1. The molecule has 1 amide bonds. The summed E-state index contributed by atoms with van der Waals surface area (Å²) in [6.45, 7) is 1.86. The van der Waals surface area contributed by atoms with Crippen LogP contribution in [0.5, 0.6) is 0 Å². The van der Waals surface area contributed by atoms with E-state index in [4.69, 9.17) is 0 Å². The average molecular weight is 397 g/mol. The van der Waals surface area contributed by atoms with Gasteiger partial charge < -0.3 is 9.88 Å². The van der Waals surface area contributed by atoms with Crippen LogP contribution in [0.2, 0.25) is 0 Å². The largest absolute Gasteiger partial charge is 0.331 e. The van der Waals surface area contributed by atoms with E-state index < -0.39 is 0 Å². The van der Waals surface area contributed by atoms with Crippen molar-refractivity contribution in [2.24, 2.45) is 0 Å². The van der Waals surface area contributed by atoms with Crippen LogP contribution in [0.3, 0.4) is 0 Å². The van der Waals surface area contributed by atoms with Crippen molar-refractivity contribution in [3.8, 4) is 5.69 Å². The molecule has 1 aromatic heterocycles. The van der Waals surface area contributed by atoms with Gasteiger partial charge in [0, 0.05) is 24.5 Å². The molecule has 5 heteroatoms. The summed E-state index contributed by atoms with van der Waals surface area (Å²) in [4.78, 5) is 29.8. The fraction of sp³-hybridized carbons (Fsp3) is 0.120. The van der Waals surface area contributed by atoms with Gasteiger partial charge in [-0.15, -0.1) is 0 Å². The molecule has 4 aromatic rings. The number of imidazole rings is 1. The van der Waals surface area contributed by atoms with E-state index in [1.54, 1.807) is 39.9 Å². The molecule has 0 unspecified atom stereocenters. The molecule has 0 spiro atoms. The first-order valence-corrected chi connectivity index (χ1v) is 9.81. The van der Waals surface area contributed by atoms with Crippen molar-refractivity contribution in [3.05, 3.63) is 124 Å². The lowest BCUT2D eigenvalue weighted by atomic mass is 9.97. The molecule has 150 valence electrons. The molecule has 5 nitrogen and oxygen atoms in total. The summed E-state index contributed by atoms with van der Waals surface area (Å²) in [7, 11) is 1.82. The molecule has 4 rings (SSSR count). The zero-order valence-corrected chi connectivity index (χ0v) is 16.9. The highest BCUT2D eigenvalue weighted by atomic mass is 16.2. The number of aryl methyl sites for hydroxylation is 1. The van der Waals surface area contributed by atoms with E-state index >= 15 is 0 Å². The number of hydrogen-bond acceptors (Lipinski definition) is 2. The quantitative estimate of drug-likeness (QED) is 0.545. The summed E-state index contributed by atoms with van der Waals surface area (Å²) in [5.41, 5.74) is 4.00. The molecule has 0 fully saturated rings. The maximum Gasteiger partial charge on any atom is 0.330 e. The predicted molar refractivity (Wildman–Crippen MR) is 118 cm³/mol. The van der Waals surface area contributed by atoms with Gasteiger partial charge in [-0.3, -0.25) is 9.36 Å². The van der Waals surface area contributed by atoms with Crippen molar-refractivity contribution in [3.63, 3.8) is 0 Å². The highest BCUT2D eigenvalue weighted by molar-refractivity contribution is 5.94. The molecule has 0 saturated carbocycles. The average Bonchev–Trinajstić information content (AvgIpc) is 3.13. The Labute approximate surface area is 175 Å². The maximum atomic E-state index is 13.3. The number of nitrogens with one attached hydrogen (secondary N) is 1. The van der Waals surface area contributed by atoms with E-state index in [-0.39, 0.29) is 17.6 Å². The van der Waals surface area contributed by atoms with Gasteiger partial charge in [-0.25, -0.2) is 4.79 Å². The Bertz CT molecular complexity index is 1150. The number of hydrogen-bond donors (Lipinski definition) is 1. The van der Waals surface area contributed by atoms with Crippen LogP contribution in [-0.4, -0.2) is 27.4 Å². The third-order valence-corrected chi connectivity index (χ3v) is 5.27. The number of amides is 1. The number of benzene rings is 3. The minimum atomic E-state index is -0.200. The highest BCUT2D eigenvalue weighted by Gasteiger charge is 2.24. The molecular weight excluding hydrogens is 374 g/mol. The van der Waals surface area contributed by atoms with Crippen LogP contribution in [-0.2, 0) is 0 Å². The van der Waals surface area contributed by atoms with Gasteiger partial charge in [0.1, 0.15) is 0 Å². The second kappa shape index (κ2) is 8.25. The maximum absolute atomic E-state index is 13.3. The minimum absolute atomic E-state index is 0.0857. The first kappa shape index (κ1) is 19.5. The predicted octanol–water partition coefficient (Wildman–Crippen LogP) is 4.34. The van der Waals surface area contributed by atoms with Crippen LogP contribution in [0.15, 0.2) is 95.9 Å². The van der Waals surface area contributed by atoms with Gasteiger partial charge in [-0.1, -0.05) is 60.7 Å². The molecule has 3 aromatic carbocycles. The minimum Gasteiger partial charge on any atom is -0.331 e. The Morgan fingerprint density at radius 2 is 1.40 bits per heavy atom. The third-order valence-electron chi connectivity index (χ3n) is 5.27. The van der Waals surface area contributed by atoms with Crippen molar-refractivity contribution >= 4 is 5.91 Å². The van der Waals surface area contributed by atoms with E-state index in [9.17, 15) is 9.59 Å². The first-order valence-electron chi connectivity index (χ1n) is 9.81. The van der Waals surface area contributed by atoms with Crippen molar-refractivity contribution in [1.82, 2.24) is 14.5 Å². The molecule has 0 bridgehead atoms. The van der Waals surface area contributed by atoms with Crippen LogP contribution in [0, 0.1) is 6.92 Å². The van der Waals surface area contributed by atoms with Gasteiger partial charge in [-0.05, 0) is 42.3 Å². The molecule has 0 aliphatic rings. The van der Waals surface area contributed by atoms with Crippen LogP contribution < -0.4 is 5.69 Å². The zero-order chi connectivity index (χ0) is 21.1. The molecule has 0 aliphatic carbocycles. The molecule has 0 aliphatic heterocycles. The number of rotatable bonds is 5. The van der Waals surface area contributed by atoms with Gasteiger partial charge in [0.15, 0.2) is 0 Å². The fourth-order valence-electron chi connectivity index (χ4n) is 3.76. The Kier molecular flexibility index (Phi) is 5.35. The van der Waals surface area contributed by atoms with Gasteiger partial charge in [0.2, 0.25) is 0 Å². The number of aromatic amines is 1. The monoisotopic (exact) mass is 397 g/mol. The Morgan fingerprint density at radius 1 is 0.867 bits per heavy atom. The van der Waals surface area contributed by atoms with E-state index in [0.29, 0.717) is 5.56 Å². The Balaban J connectivity index is 1.66. The molecule has 1 heterocycles. The van der Waals surface area contributed by atoms with E-state index in [0.717, 1.165) is 22.5 Å². The molecule has 30 heavy (non-hydrogen) atoms. The molecular formula is C25H23N3O2. The summed E-state index contributed by atoms with van der Waals surface area (Å²) >= 11 is 0. The number of nitrogens with zero attached hydrogens (tertiary/aromatic N) is 2. The number of H-pyrrole nitrogens is 1. The normalized spacial score (nSPS) is 10.9. The third kappa shape index (κ3) is 3.70. The second-order valence-corrected chi connectivity index (χ2v) is 7.26. The van der Waals surface area contributed by atoms with E-state index in [2.05, 4.69) is 4.98 Å².